The summed E-state index contributed by atoms with van der Waals surface area (Å²) < 4.78 is 48.8. The topological polar surface area (TPSA) is 91.0 Å². The molecule has 0 unspecified atom stereocenters. The average molecular weight is 445 g/mol. The number of nitrogens with zero attached hydrogens (tertiary/aromatic N) is 2. The fraction of sp³-hybridized carbons (Fsp3) is 0.263. The van der Waals surface area contributed by atoms with Gasteiger partial charge in [0.1, 0.15) is 17.1 Å². The number of carbonyl (C=O) groups excluding carboxylic acids is 1. The van der Waals surface area contributed by atoms with E-state index >= 15 is 0 Å². The number of hydrogen-bond donors (Lipinski definition) is 0. The lowest BCUT2D eigenvalue weighted by molar-refractivity contribution is -0.385. The van der Waals surface area contributed by atoms with Crippen molar-refractivity contribution in [3.8, 4) is 11.5 Å². The second-order valence-corrected chi connectivity index (χ2v) is 6.70. The van der Waals surface area contributed by atoms with Crippen LogP contribution >= 0.6 is 11.6 Å². The second-order valence-electron chi connectivity index (χ2n) is 6.30. The van der Waals surface area contributed by atoms with Crippen LogP contribution in [0.2, 0.25) is 5.02 Å². The SMILES string of the molecule is COC(=NC(=O)C(C)C)c1cc(Oc2ccc(C(F)(F)F)cc2Cl)ccc1[N+](=O)[O-]. The van der Waals surface area contributed by atoms with Crippen molar-refractivity contribution < 1.29 is 32.4 Å². The van der Waals surface area contributed by atoms with Gasteiger partial charge in [0.25, 0.3) is 11.6 Å². The number of rotatable bonds is 5. The molecule has 0 fully saturated rings. The number of ether oxygens (including phenoxy) is 2. The molecular formula is C19H16ClF3N2O5. The number of amides is 1. The van der Waals surface area contributed by atoms with Crippen molar-refractivity contribution in [1.82, 2.24) is 0 Å². The van der Waals surface area contributed by atoms with Crippen molar-refractivity contribution in [3.05, 3.63) is 62.7 Å². The first kappa shape index (κ1) is 23.1. The zero-order valence-electron chi connectivity index (χ0n) is 16.0. The van der Waals surface area contributed by atoms with Gasteiger partial charge < -0.3 is 9.47 Å². The van der Waals surface area contributed by atoms with Crippen LogP contribution in [0.3, 0.4) is 0 Å². The number of alkyl halides is 3. The third-order valence-electron chi connectivity index (χ3n) is 3.78. The van der Waals surface area contributed by atoms with E-state index in [0.717, 1.165) is 18.2 Å². The Kier molecular flexibility index (Phi) is 7.04. The maximum atomic E-state index is 12.8. The fourth-order valence-electron chi connectivity index (χ4n) is 2.24. The third-order valence-corrected chi connectivity index (χ3v) is 4.08. The molecule has 0 aliphatic carbocycles. The molecule has 0 saturated heterocycles. The van der Waals surface area contributed by atoms with Crippen LogP contribution in [0.25, 0.3) is 0 Å². The summed E-state index contributed by atoms with van der Waals surface area (Å²) >= 11 is 5.87. The number of hydrogen-bond acceptors (Lipinski definition) is 5. The number of aliphatic imine (C=N–C) groups is 1. The van der Waals surface area contributed by atoms with Crippen LogP contribution < -0.4 is 4.74 Å². The van der Waals surface area contributed by atoms with E-state index < -0.39 is 34.2 Å². The Hall–Kier alpha value is -3.14. The van der Waals surface area contributed by atoms with Crippen LogP contribution in [-0.4, -0.2) is 23.8 Å². The normalized spacial score (nSPS) is 12.1. The number of nitro groups is 1. The van der Waals surface area contributed by atoms with Crippen molar-refractivity contribution in [2.75, 3.05) is 7.11 Å². The second kappa shape index (κ2) is 9.12. The van der Waals surface area contributed by atoms with Crippen molar-refractivity contribution in [2.45, 2.75) is 20.0 Å². The predicted molar refractivity (Wildman–Crippen MR) is 103 cm³/mol. The molecule has 2 rings (SSSR count). The monoisotopic (exact) mass is 444 g/mol. The highest BCUT2D eigenvalue weighted by Gasteiger charge is 2.31. The van der Waals surface area contributed by atoms with Crippen LogP contribution in [0.5, 0.6) is 11.5 Å². The number of benzene rings is 2. The van der Waals surface area contributed by atoms with E-state index in [0.29, 0.717) is 6.07 Å². The largest absolute Gasteiger partial charge is 0.480 e. The maximum absolute atomic E-state index is 12.8. The van der Waals surface area contributed by atoms with Gasteiger partial charge in [-0.3, -0.25) is 14.9 Å². The predicted octanol–water partition coefficient (Wildman–Crippen LogP) is 5.63. The molecular weight excluding hydrogens is 429 g/mol. The molecule has 0 aliphatic rings. The van der Waals surface area contributed by atoms with Crippen LogP contribution in [0.1, 0.15) is 25.0 Å². The van der Waals surface area contributed by atoms with Gasteiger partial charge in [0.05, 0.1) is 22.6 Å². The first-order chi connectivity index (χ1) is 13.9. The molecule has 0 spiro atoms. The number of methoxy groups -OCH3 is 1. The molecule has 2 aromatic carbocycles. The van der Waals surface area contributed by atoms with Crippen LogP contribution in [-0.2, 0) is 15.7 Å². The molecule has 0 aliphatic heterocycles. The van der Waals surface area contributed by atoms with Crippen LogP contribution in [0.4, 0.5) is 18.9 Å². The van der Waals surface area contributed by atoms with E-state index in [1.54, 1.807) is 13.8 Å². The fourth-order valence-corrected chi connectivity index (χ4v) is 2.46. The maximum Gasteiger partial charge on any atom is 0.416 e. The molecule has 30 heavy (non-hydrogen) atoms. The minimum atomic E-state index is -4.57. The minimum Gasteiger partial charge on any atom is -0.480 e. The molecule has 0 radical (unpaired) electrons. The van der Waals surface area contributed by atoms with Gasteiger partial charge in [0, 0.05) is 18.1 Å². The summed E-state index contributed by atoms with van der Waals surface area (Å²) in [6.07, 6.45) is -4.57. The Balaban J connectivity index is 2.48. The van der Waals surface area contributed by atoms with E-state index in [9.17, 15) is 28.1 Å². The summed E-state index contributed by atoms with van der Waals surface area (Å²) in [5, 5.41) is 11.1. The van der Waals surface area contributed by atoms with E-state index in [-0.39, 0.29) is 28.0 Å². The molecule has 11 heteroatoms. The van der Waals surface area contributed by atoms with Gasteiger partial charge in [-0.05, 0) is 24.3 Å². The van der Waals surface area contributed by atoms with Crippen molar-refractivity contribution in [3.63, 3.8) is 0 Å². The van der Waals surface area contributed by atoms with Gasteiger partial charge in [-0.1, -0.05) is 25.4 Å². The summed E-state index contributed by atoms with van der Waals surface area (Å²) in [7, 11) is 1.19. The highest BCUT2D eigenvalue weighted by Crippen LogP contribution is 2.37. The smallest absolute Gasteiger partial charge is 0.416 e. The molecule has 2 aromatic rings. The Labute approximate surface area is 174 Å². The molecule has 160 valence electrons. The molecule has 0 atom stereocenters. The molecule has 0 aromatic heterocycles. The van der Waals surface area contributed by atoms with Gasteiger partial charge in [0.2, 0.25) is 5.90 Å². The van der Waals surface area contributed by atoms with Crippen LogP contribution in [0, 0.1) is 16.0 Å². The molecule has 7 nitrogen and oxygen atoms in total. The van der Waals surface area contributed by atoms with Gasteiger partial charge in [-0.25, -0.2) is 0 Å². The zero-order valence-corrected chi connectivity index (χ0v) is 16.7. The summed E-state index contributed by atoms with van der Waals surface area (Å²) in [4.78, 5) is 26.3. The van der Waals surface area contributed by atoms with Gasteiger partial charge in [-0.2, -0.15) is 18.2 Å². The highest BCUT2D eigenvalue weighted by molar-refractivity contribution is 6.32. The lowest BCUT2D eigenvalue weighted by Gasteiger charge is -2.12. The zero-order chi connectivity index (χ0) is 22.6. The van der Waals surface area contributed by atoms with E-state index in [4.69, 9.17) is 21.1 Å². The summed E-state index contributed by atoms with van der Waals surface area (Å²) in [6.45, 7) is 3.19. The lowest BCUT2D eigenvalue weighted by Crippen LogP contribution is -2.13. The van der Waals surface area contributed by atoms with E-state index in [1.807, 2.05) is 0 Å². The average Bonchev–Trinajstić information content (AvgIpc) is 2.66. The van der Waals surface area contributed by atoms with E-state index in [1.165, 1.54) is 19.2 Å². The Morgan fingerprint density at radius 3 is 2.37 bits per heavy atom. The van der Waals surface area contributed by atoms with Gasteiger partial charge in [-0.15, -0.1) is 0 Å². The molecule has 1 amide bonds. The van der Waals surface area contributed by atoms with Gasteiger partial charge in [0.15, 0.2) is 0 Å². The van der Waals surface area contributed by atoms with Crippen molar-refractivity contribution in [2.24, 2.45) is 10.9 Å². The minimum absolute atomic E-state index is 0.0130. The van der Waals surface area contributed by atoms with Crippen molar-refractivity contribution >= 4 is 29.1 Å². The number of carbonyl (C=O) groups is 1. The molecule has 0 N–H and O–H groups in total. The molecule has 0 bridgehead atoms. The van der Waals surface area contributed by atoms with Gasteiger partial charge >= 0.3 is 6.18 Å². The van der Waals surface area contributed by atoms with Crippen LogP contribution in [0.15, 0.2) is 41.4 Å². The first-order valence-corrected chi connectivity index (χ1v) is 8.81. The highest BCUT2D eigenvalue weighted by atomic mass is 35.5. The summed E-state index contributed by atoms with van der Waals surface area (Å²) in [6, 6.07) is 6.02. The summed E-state index contributed by atoms with van der Waals surface area (Å²) in [5.41, 5.74) is -1.50. The molecule has 0 heterocycles. The standard InChI is InChI=1S/C19H16ClF3N2O5/c1-10(2)17(26)24-18(29-3)13-9-12(5-6-15(13)25(27)28)30-16-7-4-11(8-14(16)20)19(21,22)23/h4-10H,1-3H3. The number of nitro benzene ring substituents is 1. The Morgan fingerprint density at radius 1 is 1.20 bits per heavy atom. The summed E-state index contributed by atoms with van der Waals surface area (Å²) in [5.74, 6) is -1.42. The number of halogens is 4. The third kappa shape index (κ3) is 5.47. The molecule has 0 saturated carbocycles. The quantitative estimate of drug-likeness (QED) is 0.258. The Bertz CT molecular complexity index is 1010. The first-order valence-electron chi connectivity index (χ1n) is 8.44. The lowest BCUT2D eigenvalue weighted by atomic mass is 10.1. The van der Waals surface area contributed by atoms with E-state index in [2.05, 4.69) is 4.99 Å². The Morgan fingerprint density at radius 2 is 1.87 bits per heavy atom. The van der Waals surface area contributed by atoms with Crippen molar-refractivity contribution in [1.29, 1.82) is 0 Å².